The third-order valence-electron chi connectivity index (χ3n) is 4.63. The molecule has 2 aliphatic rings. The lowest BCUT2D eigenvalue weighted by molar-refractivity contribution is 0.0973. The minimum Gasteiger partial charge on any atom is -0.507 e. The number of aromatic hydroxyl groups is 2. The summed E-state index contributed by atoms with van der Waals surface area (Å²) in [4.78, 5) is 25.4. The summed E-state index contributed by atoms with van der Waals surface area (Å²) in [6.07, 6.45) is 3.03. The van der Waals surface area contributed by atoms with Gasteiger partial charge in [-0.3, -0.25) is 9.59 Å². The van der Waals surface area contributed by atoms with E-state index in [9.17, 15) is 19.8 Å². The summed E-state index contributed by atoms with van der Waals surface area (Å²) < 4.78 is 0. The van der Waals surface area contributed by atoms with Crippen LogP contribution in [0.15, 0.2) is 24.3 Å². The standard InChI is InChI=1S/C18H14O4/c19-15-9-5-1-2-6-10(9)16(20)14-13(15)17(21)11-7-3-4-8-12(11)18(14)22/h1-2,5-6,21-22H,3-4,7-8H2. The molecule has 2 N–H and O–H groups in total. The largest absolute Gasteiger partial charge is 0.507 e. The van der Waals surface area contributed by atoms with E-state index in [1.165, 1.54) is 0 Å². The van der Waals surface area contributed by atoms with Gasteiger partial charge in [-0.25, -0.2) is 0 Å². The zero-order chi connectivity index (χ0) is 15.4. The van der Waals surface area contributed by atoms with E-state index < -0.39 is 11.6 Å². The summed E-state index contributed by atoms with van der Waals surface area (Å²) in [6, 6.07) is 6.53. The van der Waals surface area contributed by atoms with Gasteiger partial charge in [0.05, 0.1) is 11.1 Å². The molecule has 110 valence electrons. The van der Waals surface area contributed by atoms with Gasteiger partial charge in [0.1, 0.15) is 11.5 Å². The molecule has 0 amide bonds. The van der Waals surface area contributed by atoms with Gasteiger partial charge in [-0.1, -0.05) is 24.3 Å². The lowest BCUT2D eigenvalue weighted by Crippen LogP contribution is -2.23. The summed E-state index contributed by atoms with van der Waals surface area (Å²) in [7, 11) is 0. The fourth-order valence-corrected chi connectivity index (χ4v) is 3.56. The Morgan fingerprint density at radius 1 is 0.727 bits per heavy atom. The Bertz CT molecular complexity index is 779. The van der Waals surface area contributed by atoms with Crippen LogP contribution >= 0.6 is 0 Å². The normalized spacial score (nSPS) is 16.0. The molecule has 0 spiro atoms. The number of phenolic OH excluding ortho intramolecular Hbond substituents is 2. The minimum atomic E-state index is -0.397. The Kier molecular flexibility index (Phi) is 2.64. The molecular weight excluding hydrogens is 280 g/mol. The molecule has 0 atom stereocenters. The van der Waals surface area contributed by atoms with Gasteiger partial charge in [0, 0.05) is 22.3 Å². The van der Waals surface area contributed by atoms with Crippen LogP contribution in [0.5, 0.6) is 11.5 Å². The Balaban J connectivity index is 2.09. The Morgan fingerprint density at radius 3 is 1.55 bits per heavy atom. The van der Waals surface area contributed by atoms with Gasteiger partial charge in [-0.2, -0.15) is 0 Å². The van der Waals surface area contributed by atoms with Crippen molar-refractivity contribution in [3.05, 3.63) is 57.6 Å². The average molecular weight is 294 g/mol. The van der Waals surface area contributed by atoms with Crippen molar-refractivity contribution >= 4 is 11.6 Å². The van der Waals surface area contributed by atoms with Crippen LogP contribution in [-0.4, -0.2) is 21.8 Å². The highest BCUT2D eigenvalue weighted by Crippen LogP contribution is 2.45. The quantitative estimate of drug-likeness (QED) is 0.625. The van der Waals surface area contributed by atoms with Crippen molar-refractivity contribution in [2.75, 3.05) is 0 Å². The first-order valence-electron chi connectivity index (χ1n) is 7.39. The average Bonchev–Trinajstić information content (AvgIpc) is 2.56. The van der Waals surface area contributed by atoms with E-state index >= 15 is 0 Å². The van der Waals surface area contributed by atoms with Crippen LogP contribution in [-0.2, 0) is 12.8 Å². The first kappa shape index (κ1) is 13.1. The van der Waals surface area contributed by atoms with Crippen molar-refractivity contribution in [1.82, 2.24) is 0 Å². The highest BCUT2D eigenvalue weighted by atomic mass is 16.3. The van der Waals surface area contributed by atoms with Crippen LogP contribution in [0.3, 0.4) is 0 Å². The molecule has 4 rings (SSSR count). The molecule has 0 aromatic heterocycles. The number of carbonyl (C=O) groups is 2. The molecule has 22 heavy (non-hydrogen) atoms. The predicted molar refractivity (Wildman–Crippen MR) is 79.7 cm³/mol. The van der Waals surface area contributed by atoms with Crippen LogP contribution in [0.4, 0.5) is 0 Å². The zero-order valence-electron chi connectivity index (χ0n) is 11.8. The van der Waals surface area contributed by atoms with Gasteiger partial charge in [-0.05, 0) is 25.7 Å². The molecule has 0 unspecified atom stereocenters. The van der Waals surface area contributed by atoms with Crippen molar-refractivity contribution in [2.45, 2.75) is 25.7 Å². The second-order valence-corrected chi connectivity index (χ2v) is 5.82. The van der Waals surface area contributed by atoms with Crippen LogP contribution in [0.25, 0.3) is 0 Å². The number of ketones is 2. The van der Waals surface area contributed by atoms with E-state index in [0.717, 1.165) is 12.8 Å². The number of fused-ring (bicyclic) bond motifs is 3. The van der Waals surface area contributed by atoms with Gasteiger partial charge in [0.15, 0.2) is 11.6 Å². The highest BCUT2D eigenvalue weighted by Gasteiger charge is 2.37. The Morgan fingerprint density at radius 2 is 1.14 bits per heavy atom. The first-order valence-corrected chi connectivity index (χ1v) is 7.39. The van der Waals surface area contributed by atoms with Gasteiger partial charge < -0.3 is 10.2 Å². The molecule has 0 heterocycles. The third kappa shape index (κ3) is 1.52. The lowest BCUT2D eigenvalue weighted by atomic mass is 9.78. The fraction of sp³-hybridized carbons (Fsp3) is 0.222. The lowest BCUT2D eigenvalue weighted by Gasteiger charge is -2.26. The van der Waals surface area contributed by atoms with Crippen molar-refractivity contribution in [3.8, 4) is 11.5 Å². The van der Waals surface area contributed by atoms with Crippen LogP contribution < -0.4 is 0 Å². The molecular formula is C18H14O4. The summed E-state index contributed by atoms with van der Waals surface area (Å²) in [5.41, 5.74) is 1.71. The molecule has 0 fully saturated rings. The fourth-order valence-electron chi connectivity index (χ4n) is 3.56. The monoisotopic (exact) mass is 294 g/mol. The van der Waals surface area contributed by atoms with Gasteiger partial charge in [0.2, 0.25) is 0 Å². The molecule has 2 aromatic rings. The van der Waals surface area contributed by atoms with Crippen LogP contribution in [0.2, 0.25) is 0 Å². The van der Waals surface area contributed by atoms with Crippen LogP contribution in [0, 0.1) is 0 Å². The van der Waals surface area contributed by atoms with Crippen molar-refractivity contribution in [3.63, 3.8) is 0 Å². The molecule has 4 heteroatoms. The van der Waals surface area contributed by atoms with E-state index in [2.05, 4.69) is 0 Å². The van der Waals surface area contributed by atoms with E-state index in [1.54, 1.807) is 24.3 Å². The number of hydrogen-bond donors (Lipinski definition) is 2. The van der Waals surface area contributed by atoms with Crippen LogP contribution in [0.1, 0.15) is 55.8 Å². The summed E-state index contributed by atoms with van der Waals surface area (Å²) >= 11 is 0. The second-order valence-electron chi connectivity index (χ2n) is 5.82. The maximum Gasteiger partial charge on any atom is 0.198 e. The molecule has 2 aromatic carbocycles. The van der Waals surface area contributed by atoms with Crippen molar-refractivity contribution in [2.24, 2.45) is 0 Å². The number of hydrogen-bond acceptors (Lipinski definition) is 4. The molecule has 2 aliphatic carbocycles. The maximum atomic E-state index is 12.7. The summed E-state index contributed by atoms with van der Waals surface area (Å²) in [5.74, 6) is -1.05. The molecule has 0 radical (unpaired) electrons. The first-order chi connectivity index (χ1) is 10.6. The topological polar surface area (TPSA) is 74.6 Å². The Labute approximate surface area is 127 Å². The van der Waals surface area contributed by atoms with Crippen molar-refractivity contribution in [1.29, 1.82) is 0 Å². The summed E-state index contributed by atoms with van der Waals surface area (Å²) in [5, 5.41) is 21.1. The van der Waals surface area contributed by atoms with Gasteiger partial charge >= 0.3 is 0 Å². The molecule has 0 bridgehead atoms. The summed E-state index contributed by atoms with van der Waals surface area (Å²) in [6.45, 7) is 0. The van der Waals surface area contributed by atoms with E-state index in [-0.39, 0.29) is 33.8 Å². The van der Waals surface area contributed by atoms with E-state index in [0.29, 0.717) is 24.0 Å². The minimum absolute atomic E-state index is 0.0400. The second kappa shape index (κ2) is 4.44. The molecule has 0 saturated heterocycles. The van der Waals surface area contributed by atoms with Gasteiger partial charge in [-0.15, -0.1) is 0 Å². The Hall–Kier alpha value is -2.62. The molecule has 0 saturated carbocycles. The van der Waals surface area contributed by atoms with E-state index in [1.807, 2.05) is 0 Å². The molecule has 0 aliphatic heterocycles. The van der Waals surface area contributed by atoms with Gasteiger partial charge in [0.25, 0.3) is 0 Å². The van der Waals surface area contributed by atoms with E-state index in [4.69, 9.17) is 0 Å². The third-order valence-corrected chi connectivity index (χ3v) is 4.63. The highest BCUT2D eigenvalue weighted by molar-refractivity contribution is 6.30. The number of rotatable bonds is 0. The number of carbonyl (C=O) groups excluding carboxylic acids is 2. The number of phenols is 2. The zero-order valence-corrected chi connectivity index (χ0v) is 11.8. The smallest absolute Gasteiger partial charge is 0.198 e. The molecule has 4 nitrogen and oxygen atoms in total. The predicted octanol–water partition coefficient (Wildman–Crippen LogP) is 2.75. The maximum absolute atomic E-state index is 12.7. The SMILES string of the molecule is O=C1c2ccccc2C(=O)c2c(O)c3c(c(O)c21)CCCC3. The number of benzene rings is 2. The van der Waals surface area contributed by atoms with Crippen molar-refractivity contribution < 1.29 is 19.8 Å².